The summed E-state index contributed by atoms with van der Waals surface area (Å²) in [5, 5.41) is 0. The summed E-state index contributed by atoms with van der Waals surface area (Å²) in [6.45, 7) is 6.94. The van der Waals surface area contributed by atoms with E-state index in [2.05, 4.69) is 69.3 Å². The van der Waals surface area contributed by atoms with Crippen LogP contribution in [-0.2, 0) is 5.41 Å². The van der Waals surface area contributed by atoms with Gasteiger partial charge < -0.3 is 0 Å². The van der Waals surface area contributed by atoms with Crippen LogP contribution in [0.25, 0.3) is 0 Å². The highest BCUT2D eigenvalue weighted by Gasteiger charge is 2.38. The van der Waals surface area contributed by atoms with Gasteiger partial charge in [-0.1, -0.05) is 55.5 Å². The van der Waals surface area contributed by atoms with Gasteiger partial charge in [-0.3, -0.25) is 0 Å². The summed E-state index contributed by atoms with van der Waals surface area (Å²) in [6.07, 6.45) is 5.24. The maximum atomic E-state index is 2.40. The second-order valence-corrected chi connectivity index (χ2v) is 6.89. The zero-order chi connectivity index (χ0) is 14.9. The van der Waals surface area contributed by atoms with Crippen LogP contribution < -0.4 is 0 Å². The summed E-state index contributed by atoms with van der Waals surface area (Å²) in [7, 11) is 0. The molecule has 1 aliphatic rings. The van der Waals surface area contributed by atoms with Crippen LogP contribution in [0.4, 0.5) is 0 Å². The highest BCUT2D eigenvalue weighted by molar-refractivity contribution is 5.46. The van der Waals surface area contributed by atoms with Crippen LogP contribution in [0.1, 0.15) is 54.9 Å². The van der Waals surface area contributed by atoms with Gasteiger partial charge in [0.1, 0.15) is 0 Å². The molecule has 2 aromatic rings. The van der Waals surface area contributed by atoms with E-state index >= 15 is 0 Å². The minimum atomic E-state index is 0.225. The molecule has 0 spiro atoms. The monoisotopic (exact) mass is 278 g/mol. The van der Waals surface area contributed by atoms with Crippen LogP contribution in [-0.4, -0.2) is 0 Å². The van der Waals surface area contributed by atoms with Crippen LogP contribution >= 0.6 is 0 Å². The van der Waals surface area contributed by atoms with Gasteiger partial charge in [-0.15, -0.1) is 0 Å². The molecule has 0 saturated heterocycles. The Morgan fingerprint density at radius 2 is 1.19 bits per heavy atom. The summed E-state index contributed by atoms with van der Waals surface area (Å²) < 4.78 is 0. The molecule has 0 unspecified atom stereocenters. The van der Waals surface area contributed by atoms with Crippen LogP contribution in [0.3, 0.4) is 0 Å². The van der Waals surface area contributed by atoms with E-state index in [1.165, 1.54) is 36.8 Å². The van der Waals surface area contributed by atoms with E-state index in [1.54, 1.807) is 11.1 Å². The lowest BCUT2D eigenvalue weighted by Gasteiger charge is -2.42. The van der Waals surface area contributed by atoms with Crippen LogP contribution in [0, 0.1) is 19.8 Å². The largest absolute Gasteiger partial charge is 0.0625 e. The van der Waals surface area contributed by atoms with Crippen molar-refractivity contribution in [3.8, 4) is 0 Å². The summed E-state index contributed by atoms with van der Waals surface area (Å²) >= 11 is 0. The smallest absolute Gasteiger partial charge is 0.0208 e. The molecule has 0 aromatic heterocycles. The van der Waals surface area contributed by atoms with Crippen LogP contribution in [0.15, 0.2) is 48.5 Å². The SMILES string of the molecule is Cc1ccccc1C1(c2ccccc2C)CCC(C)CC1. The van der Waals surface area contributed by atoms with Crippen LogP contribution in [0.5, 0.6) is 0 Å². The van der Waals surface area contributed by atoms with E-state index in [9.17, 15) is 0 Å². The molecule has 0 N–H and O–H groups in total. The van der Waals surface area contributed by atoms with Crippen molar-refractivity contribution in [3.05, 3.63) is 70.8 Å². The average Bonchev–Trinajstić information content (AvgIpc) is 2.50. The highest BCUT2D eigenvalue weighted by Crippen LogP contribution is 2.48. The Kier molecular flexibility index (Phi) is 3.89. The maximum Gasteiger partial charge on any atom is 0.0208 e. The molecular weight excluding hydrogens is 252 g/mol. The third kappa shape index (κ3) is 2.52. The van der Waals surface area contributed by atoms with E-state index in [0.29, 0.717) is 0 Å². The standard InChI is InChI=1S/C21H26/c1-16-12-14-21(15-13-16,19-10-6-4-8-17(19)2)20-11-7-5-9-18(20)3/h4-11,16H,12-15H2,1-3H3. The molecule has 1 aliphatic carbocycles. The molecular formula is C21H26. The number of hydrogen-bond acceptors (Lipinski definition) is 0. The molecule has 1 saturated carbocycles. The first kappa shape index (κ1) is 14.4. The van der Waals surface area contributed by atoms with E-state index in [-0.39, 0.29) is 5.41 Å². The molecule has 0 atom stereocenters. The fraction of sp³-hybridized carbons (Fsp3) is 0.429. The van der Waals surface area contributed by atoms with Gasteiger partial charge in [-0.25, -0.2) is 0 Å². The van der Waals surface area contributed by atoms with Crippen molar-refractivity contribution >= 4 is 0 Å². The first-order valence-corrected chi connectivity index (χ1v) is 8.26. The van der Waals surface area contributed by atoms with Gasteiger partial charge in [0.05, 0.1) is 0 Å². The van der Waals surface area contributed by atoms with Crippen molar-refractivity contribution in [3.63, 3.8) is 0 Å². The van der Waals surface area contributed by atoms with Crippen molar-refractivity contribution in [2.24, 2.45) is 5.92 Å². The Labute approximate surface area is 129 Å². The van der Waals surface area contributed by atoms with Crippen molar-refractivity contribution in [1.82, 2.24) is 0 Å². The number of aryl methyl sites for hydroxylation is 2. The quantitative estimate of drug-likeness (QED) is 0.651. The Morgan fingerprint density at radius 1 is 0.762 bits per heavy atom. The molecule has 2 aromatic carbocycles. The minimum absolute atomic E-state index is 0.225. The van der Waals surface area contributed by atoms with E-state index < -0.39 is 0 Å². The zero-order valence-electron chi connectivity index (χ0n) is 13.5. The highest BCUT2D eigenvalue weighted by atomic mass is 14.4. The van der Waals surface area contributed by atoms with Gasteiger partial charge in [-0.05, 0) is 67.7 Å². The lowest BCUT2D eigenvalue weighted by molar-refractivity contribution is 0.279. The van der Waals surface area contributed by atoms with Gasteiger partial charge in [0.2, 0.25) is 0 Å². The lowest BCUT2D eigenvalue weighted by Crippen LogP contribution is -2.34. The predicted octanol–water partition coefficient (Wildman–Crippen LogP) is 5.80. The summed E-state index contributed by atoms with van der Waals surface area (Å²) in [6, 6.07) is 18.0. The first-order chi connectivity index (χ1) is 10.1. The fourth-order valence-electron chi connectivity index (χ4n) is 4.16. The Hall–Kier alpha value is -1.56. The number of benzene rings is 2. The normalized spacial score (nSPS) is 18.6. The summed E-state index contributed by atoms with van der Waals surface area (Å²) in [5.74, 6) is 0.867. The average molecular weight is 278 g/mol. The van der Waals surface area contributed by atoms with Gasteiger partial charge in [-0.2, -0.15) is 0 Å². The fourth-order valence-corrected chi connectivity index (χ4v) is 4.16. The van der Waals surface area contributed by atoms with Crippen LogP contribution in [0.2, 0.25) is 0 Å². The molecule has 0 amide bonds. The molecule has 1 fully saturated rings. The minimum Gasteiger partial charge on any atom is -0.0625 e. The molecule has 0 radical (unpaired) electrons. The lowest BCUT2D eigenvalue weighted by atomic mass is 9.61. The topological polar surface area (TPSA) is 0 Å². The molecule has 3 rings (SSSR count). The number of hydrogen-bond donors (Lipinski definition) is 0. The summed E-state index contributed by atoms with van der Waals surface area (Å²) in [4.78, 5) is 0. The third-order valence-electron chi connectivity index (χ3n) is 5.45. The Morgan fingerprint density at radius 3 is 1.62 bits per heavy atom. The van der Waals surface area contributed by atoms with Crippen molar-refractivity contribution in [2.45, 2.75) is 51.9 Å². The zero-order valence-corrected chi connectivity index (χ0v) is 13.5. The van der Waals surface area contributed by atoms with Crippen molar-refractivity contribution < 1.29 is 0 Å². The molecule has 0 nitrogen and oxygen atoms in total. The second-order valence-electron chi connectivity index (χ2n) is 6.89. The Bertz CT molecular complexity index is 568. The third-order valence-corrected chi connectivity index (χ3v) is 5.45. The number of rotatable bonds is 2. The van der Waals surface area contributed by atoms with E-state index in [4.69, 9.17) is 0 Å². The maximum absolute atomic E-state index is 2.40. The predicted molar refractivity (Wildman–Crippen MR) is 90.8 cm³/mol. The Balaban J connectivity index is 2.17. The van der Waals surface area contributed by atoms with Gasteiger partial charge in [0.25, 0.3) is 0 Å². The second kappa shape index (κ2) is 5.67. The van der Waals surface area contributed by atoms with Crippen molar-refractivity contribution in [1.29, 1.82) is 0 Å². The molecule has 21 heavy (non-hydrogen) atoms. The molecule has 0 heteroatoms. The molecule has 110 valence electrons. The van der Waals surface area contributed by atoms with E-state index in [0.717, 1.165) is 5.92 Å². The van der Waals surface area contributed by atoms with Crippen molar-refractivity contribution in [2.75, 3.05) is 0 Å². The van der Waals surface area contributed by atoms with Gasteiger partial charge >= 0.3 is 0 Å². The molecule has 0 heterocycles. The molecule has 0 aliphatic heterocycles. The van der Waals surface area contributed by atoms with Gasteiger partial charge in [0, 0.05) is 5.41 Å². The van der Waals surface area contributed by atoms with E-state index in [1.807, 2.05) is 0 Å². The van der Waals surface area contributed by atoms with Gasteiger partial charge in [0.15, 0.2) is 0 Å². The first-order valence-electron chi connectivity index (χ1n) is 8.26. The molecule has 0 bridgehead atoms. The summed E-state index contributed by atoms with van der Waals surface area (Å²) in [5.41, 5.74) is 6.20.